The molecule has 0 saturated carbocycles. The van der Waals surface area contributed by atoms with Gasteiger partial charge in [0.15, 0.2) is 0 Å². The van der Waals surface area contributed by atoms with Crippen molar-refractivity contribution in [3.05, 3.63) is 71.9 Å². The third-order valence-corrected chi connectivity index (χ3v) is 6.41. The fourth-order valence-electron chi connectivity index (χ4n) is 4.81. The number of nitrogens with two attached hydrogens (primary N) is 1. The first-order chi connectivity index (χ1) is 16.0. The molecule has 4 aromatic rings. The van der Waals surface area contributed by atoms with Gasteiger partial charge in [-0.3, -0.25) is 0 Å². The minimum Gasteiger partial charge on any atom is -0.368 e. The van der Waals surface area contributed by atoms with Crippen molar-refractivity contribution in [1.29, 1.82) is 0 Å². The van der Waals surface area contributed by atoms with Gasteiger partial charge in [0.05, 0.1) is 12.0 Å². The largest absolute Gasteiger partial charge is 0.368 e. The first-order valence-corrected chi connectivity index (χ1v) is 11.3. The lowest BCUT2D eigenvalue weighted by molar-refractivity contribution is 0.370. The van der Waals surface area contributed by atoms with E-state index in [0.717, 1.165) is 53.9 Å². The Balaban J connectivity index is 1.81. The molecule has 2 aromatic heterocycles. The van der Waals surface area contributed by atoms with Crippen molar-refractivity contribution in [2.24, 2.45) is 0 Å². The van der Waals surface area contributed by atoms with E-state index in [0.29, 0.717) is 17.0 Å². The highest BCUT2D eigenvalue weighted by molar-refractivity contribution is 5.88. The summed E-state index contributed by atoms with van der Waals surface area (Å²) in [4.78, 5) is 13.7. The van der Waals surface area contributed by atoms with Crippen molar-refractivity contribution >= 4 is 5.95 Å². The van der Waals surface area contributed by atoms with Crippen LogP contribution in [0.25, 0.3) is 33.8 Å². The molecule has 0 spiro atoms. The van der Waals surface area contributed by atoms with Gasteiger partial charge in [0.25, 0.3) is 0 Å². The molecule has 1 aliphatic rings. The number of imidazole rings is 1. The first kappa shape index (κ1) is 21.3. The summed E-state index contributed by atoms with van der Waals surface area (Å²) in [7, 11) is 0. The van der Waals surface area contributed by atoms with Gasteiger partial charge >= 0.3 is 0 Å². The molecule has 0 amide bonds. The van der Waals surface area contributed by atoms with Gasteiger partial charge in [0, 0.05) is 23.4 Å². The minimum atomic E-state index is -0.315. The number of aromatic nitrogens is 4. The van der Waals surface area contributed by atoms with E-state index in [4.69, 9.17) is 15.7 Å². The van der Waals surface area contributed by atoms with Crippen molar-refractivity contribution < 1.29 is 4.39 Å². The van der Waals surface area contributed by atoms with Crippen LogP contribution in [0.2, 0.25) is 0 Å². The van der Waals surface area contributed by atoms with Gasteiger partial charge < -0.3 is 15.6 Å². The number of halogens is 1. The number of hydrogen-bond donors (Lipinski definition) is 2. The molecule has 7 heteroatoms. The number of nitrogen functional groups attached to an aromatic ring is 1. The predicted octanol–water partition coefficient (Wildman–Crippen LogP) is 4.94. The van der Waals surface area contributed by atoms with Crippen LogP contribution in [0.3, 0.4) is 0 Å². The van der Waals surface area contributed by atoms with Crippen LogP contribution in [0.5, 0.6) is 0 Å². The maximum absolute atomic E-state index is 14.9. The average molecular weight is 443 g/mol. The van der Waals surface area contributed by atoms with Gasteiger partial charge in [-0.1, -0.05) is 30.3 Å². The summed E-state index contributed by atoms with van der Waals surface area (Å²) in [5, 5.41) is 3.41. The van der Waals surface area contributed by atoms with Crippen LogP contribution < -0.4 is 11.1 Å². The molecule has 3 heterocycles. The van der Waals surface area contributed by atoms with E-state index < -0.39 is 0 Å². The number of nitrogens with zero attached hydrogens (tertiary/aromatic N) is 4. The van der Waals surface area contributed by atoms with Crippen LogP contribution >= 0.6 is 0 Å². The highest BCUT2D eigenvalue weighted by Gasteiger charge is 2.27. The first-order valence-electron chi connectivity index (χ1n) is 11.3. The van der Waals surface area contributed by atoms with E-state index in [-0.39, 0.29) is 17.8 Å². The summed E-state index contributed by atoms with van der Waals surface area (Å²) in [6.07, 6.45) is 5.51. The second-order valence-electron chi connectivity index (χ2n) is 8.57. The van der Waals surface area contributed by atoms with E-state index in [1.54, 1.807) is 18.3 Å². The number of aryl methyl sites for hydroxylation is 2. The lowest BCUT2D eigenvalue weighted by Gasteiger charge is -2.26. The Bertz CT molecular complexity index is 1290. The Morgan fingerprint density at radius 2 is 1.67 bits per heavy atom. The summed E-state index contributed by atoms with van der Waals surface area (Å²) in [5.41, 5.74) is 12.7. The van der Waals surface area contributed by atoms with Gasteiger partial charge in [0.1, 0.15) is 17.2 Å². The maximum atomic E-state index is 14.9. The zero-order chi connectivity index (χ0) is 22.9. The van der Waals surface area contributed by atoms with Crippen molar-refractivity contribution in [1.82, 2.24) is 24.8 Å². The van der Waals surface area contributed by atoms with Crippen molar-refractivity contribution in [3.63, 3.8) is 0 Å². The molecular formula is C26H27FN6. The summed E-state index contributed by atoms with van der Waals surface area (Å²) in [6, 6.07) is 13.2. The molecule has 1 aliphatic heterocycles. The Morgan fingerprint density at radius 1 is 0.939 bits per heavy atom. The van der Waals surface area contributed by atoms with Crippen LogP contribution in [-0.2, 0) is 0 Å². The molecule has 0 radical (unpaired) electrons. The van der Waals surface area contributed by atoms with E-state index in [1.807, 2.05) is 18.5 Å². The van der Waals surface area contributed by atoms with Gasteiger partial charge in [-0.25, -0.2) is 19.3 Å². The Hall–Kier alpha value is -3.58. The molecule has 2 aromatic carbocycles. The molecular weight excluding hydrogens is 415 g/mol. The topological polar surface area (TPSA) is 81.7 Å². The molecule has 0 aliphatic carbocycles. The lowest BCUT2D eigenvalue weighted by atomic mass is 9.93. The summed E-state index contributed by atoms with van der Waals surface area (Å²) in [5.74, 6) is -0.137. The lowest BCUT2D eigenvalue weighted by Crippen LogP contribution is -2.29. The number of benzene rings is 2. The smallest absolute Gasteiger partial charge is 0.220 e. The quantitative estimate of drug-likeness (QED) is 0.468. The number of anilines is 1. The average Bonchev–Trinajstić information content (AvgIpc) is 3.25. The zero-order valence-electron chi connectivity index (χ0n) is 18.8. The molecule has 0 bridgehead atoms. The predicted molar refractivity (Wildman–Crippen MR) is 129 cm³/mol. The van der Waals surface area contributed by atoms with Gasteiger partial charge in [-0.15, -0.1) is 0 Å². The fraction of sp³-hybridized carbons (Fsp3) is 0.269. The molecule has 168 valence electrons. The van der Waals surface area contributed by atoms with Gasteiger partial charge in [0.2, 0.25) is 5.95 Å². The number of piperidine rings is 1. The highest BCUT2D eigenvalue weighted by atomic mass is 19.1. The molecule has 1 saturated heterocycles. The van der Waals surface area contributed by atoms with Crippen LogP contribution in [-0.4, -0.2) is 32.6 Å². The van der Waals surface area contributed by atoms with Crippen LogP contribution in [0.15, 0.2) is 55.0 Å². The molecule has 3 N–H and O–H groups in total. The third-order valence-electron chi connectivity index (χ3n) is 6.41. The standard InChI is InChI=1S/C26H27FN6/c1-16-6-5-7-17(2)22(16)20-14-30-26(28)32-24(20)25-23(19-8-3-4-9-21(19)27)31-15-33(25)18-10-12-29-13-11-18/h3-9,14-15,18,29H,10-13H2,1-2H3,(H2,28,30,32). The number of rotatable bonds is 4. The van der Waals surface area contributed by atoms with E-state index in [2.05, 4.69) is 40.8 Å². The Kier molecular flexibility index (Phi) is 5.64. The van der Waals surface area contributed by atoms with Crippen LogP contribution in [0.4, 0.5) is 10.3 Å². The second-order valence-corrected chi connectivity index (χ2v) is 8.57. The van der Waals surface area contributed by atoms with Crippen LogP contribution in [0.1, 0.15) is 30.0 Å². The third kappa shape index (κ3) is 3.89. The van der Waals surface area contributed by atoms with Crippen LogP contribution in [0, 0.1) is 19.7 Å². The molecule has 0 unspecified atom stereocenters. The molecule has 6 nitrogen and oxygen atoms in total. The molecule has 0 atom stereocenters. The maximum Gasteiger partial charge on any atom is 0.220 e. The van der Waals surface area contributed by atoms with E-state index in [1.165, 1.54) is 6.07 Å². The van der Waals surface area contributed by atoms with Gasteiger partial charge in [-0.05, 0) is 68.6 Å². The highest BCUT2D eigenvalue weighted by Crippen LogP contribution is 2.41. The molecule has 5 rings (SSSR count). The minimum absolute atomic E-state index is 0.178. The SMILES string of the molecule is Cc1cccc(C)c1-c1cnc(N)nc1-c1c(-c2ccccc2F)ncn1C1CCNCC1. The summed E-state index contributed by atoms with van der Waals surface area (Å²) < 4.78 is 17.1. The Labute approximate surface area is 192 Å². The van der Waals surface area contributed by atoms with E-state index >= 15 is 0 Å². The van der Waals surface area contributed by atoms with Crippen molar-refractivity contribution in [2.75, 3.05) is 18.8 Å². The molecule has 1 fully saturated rings. The summed E-state index contributed by atoms with van der Waals surface area (Å²) in [6.45, 7) is 5.99. The zero-order valence-corrected chi connectivity index (χ0v) is 18.8. The van der Waals surface area contributed by atoms with E-state index in [9.17, 15) is 4.39 Å². The fourth-order valence-corrected chi connectivity index (χ4v) is 4.81. The molecule has 33 heavy (non-hydrogen) atoms. The van der Waals surface area contributed by atoms with Crippen molar-refractivity contribution in [3.8, 4) is 33.8 Å². The number of nitrogens with one attached hydrogen (secondary N) is 1. The van der Waals surface area contributed by atoms with Crippen molar-refractivity contribution in [2.45, 2.75) is 32.7 Å². The Morgan fingerprint density at radius 3 is 2.39 bits per heavy atom. The summed E-state index contributed by atoms with van der Waals surface area (Å²) >= 11 is 0. The number of hydrogen-bond acceptors (Lipinski definition) is 5. The second kappa shape index (κ2) is 8.75. The van der Waals surface area contributed by atoms with Gasteiger partial charge in [-0.2, -0.15) is 0 Å². The normalized spacial score (nSPS) is 14.5. The monoisotopic (exact) mass is 442 g/mol.